The number of benzene rings is 2. The number of carbonyl (C=O) groups is 1. The van der Waals surface area contributed by atoms with Crippen LogP contribution in [-0.4, -0.2) is 74.0 Å². The van der Waals surface area contributed by atoms with Crippen molar-refractivity contribution in [1.29, 1.82) is 0 Å². The van der Waals surface area contributed by atoms with Crippen LogP contribution in [0.15, 0.2) is 47.4 Å². The van der Waals surface area contributed by atoms with E-state index in [1.165, 1.54) is 28.4 Å². The molecule has 4 rings (SSSR count). The van der Waals surface area contributed by atoms with E-state index >= 15 is 0 Å². The first kappa shape index (κ1) is 23.1. The van der Waals surface area contributed by atoms with Crippen molar-refractivity contribution >= 4 is 26.8 Å². The van der Waals surface area contributed by atoms with Gasteiger partial charge in [-0.05, 0) is 31.2 Å². The first-order valence-corrected chi connectivity index (χ1v) is 12.0. The summed E-state index contributed by atoms with van der Waals surface area (Å²) in [4.78, 5) is 23.7. The van der Waals surface area contributed by atoms with Gasteiger partial charge in [0.2, 0.25) is 10.0 Å². The van der Waals surface area contributed by atoms with Crippen LogP contribution in [0.3, 0.4) is 0 Å². The Balaban J connectivity index is 1.61. The molecule has 1 amide bonds. The van der Waals surface area contributed by atoms with Gasteiger partial charge >= 0.3 is 0 Å². The molecular formula is C23H26N4O5S. The number of sulfonamides is 1. The Hall–Kier alpha value is -3.08. The number of hydrogen-bond acceptors (Lipinski definition) is 7. The molecule has 0 radical (unpaired) electrons. The van der Waals surface area contributed by atoms with Crippen LogP contribution in [-0.2, 0) is 21.3 Å². The number of carbonyl (C=O) groups excluding carboxylic acids is 1. The first-order valence-electron chi connectivity index (χ1n) is 10.5. The second kappa shape index (κ2) is 9.42. The summed E-state index contributed by atoms with van der Waals surface area (Å²) in [6.45, 7) is 3.25. The highest BCUT2D eigenvalue weighted by molar-refractivity contribution is 7.89. The number of morpholine rings is 1. The molecule has 33 heavy (non-hydrogen) atoms. The fourth-order valence-electron chi connectivity index (χ4n) is 3.81. The Morgan fingerprint density at radius 1 is 1.15 bits per heavy atom. The van der Waals surface area contributed by atoms with Gasteiger partial charge < -0.3 is 14.4 Å². The molecule has 3 aromatic rings. The zero-order chi connectivity index (χ0) is 23.6. The highest BCUT2D eigenvalue weighted by Crippen LogP contribution is 2.29. The Morgan fingerprint density at radius 2 is 1.88 bits per heavy atom. The van der Waals surface area contributed by atoms with Crippen LogP contribution in [0, 0.1) is 6.92 Å². The smallest absolute Gasteiger partial charge is 0.254 e. The topological polar surface area (TPSA) is 102 Å². The van der Waals surface area contributed by atoms with Crippen LogP contribution >= 0.6 is 0 Å². The molecule has 0 bridgehead atoms. The molecule has 10 heteroatoms. The lowest BCUT2D eigenvalue weighted by Gasteiger charge is -2.27. The Labute approximate surface area is 193 Å². The number of para-hydroxylation sites is 1. The van der Waals surface area contributed by atoms with E-state index in [0.717, 1.165) is 16.6 Å². The molecule has 1 aliphatic heterocycles. The number of aromatic nitrogens is 2. The number of fused-ring (bicyclic) bond motifs is 1. The maximum atomic E-state index is 13.2. The SMILES string of the molecule is COc1ccc(C(=O)N(C)Cc2nc(C)c3ccccc3n2)cc1S(=O)(=O)N1CCOCC1. The van der Waals surface area contributed by atoms with Crippen LogP contribution in [0.4, 0.5) is 0 Å². The van der Waals surface area contributed by atoms with Crippen molar-refractivity contribution in [2.24, 2.45) is 0 Å². The average Bonchev–Trinajstić information content (AvgIpc) is 2.83. The second-order valence-electron chi connectivity index (χ2n) is 7.79. The third-order valence-electron chi connectivity index (χ3n) is 5.56. The number of methoxy groups -OCH3 is 1. The number of rotatable bonds is 6. The van der Waals surface area contributed by atoms with Gasteiger partial charge in [0.15, 0.2) is 0 Å². The molecule has 9 nitrogen and oxygen atoms in total. The van der Waals surface area contributed by atoms with Crippen LogP contribution in [0.25, 0.3) is 10.9 Å². The maximum absolute atomic E-state index is 13.2. The number of amides is 1. The summed E-state index contributed by atoms with van der Waals surface area (Å²) in [6.07, 6.45) is 0. The summed E-state index contributed by atoms with van der Waals surface area (Å²) in [7, 11) is -0.803. The van der Waals surface area contributed by atoms with Gasteiger partial charge in [0, 0.05) is 36.8 Å². The number of aryl methyl sites for hydroxylation is 1. The van der Waals surface area contributed by atoms with Crippen LogP contribution in [0.1, 0.15) is 21.9 Å². The van der Waals surface area contributed by atoms with E-state index in [2.05, 4.69) is 9.97 Å². The molecule has 0 unspecified atom stereocenters. The molecule has 1 saturated heterocycles. The van der Waals surface area contributed by atoms with Gasteiger partial charge in [0.05, 0.1) is 32.4 Å². The van der Waals surface area contributed by atoms with Crippen molar-refractivity contribution in [3.63, 3.8) is 0 Å². The lowest BCUT2D eigenvalue weighted by Crippen LogP contribution is -2.40. The minimum absolute atomic E-state index is 0.0380. The van der Waals surface area contributed by atoms with Gasteiger partial charge in [-0.15, -0.1) is 0 Å². The summed E-state index contributed by atoms with van der Waals surface area (Å²) in [5.41, 5.74) is 1.88. The van der Waals surface area contributed by atoms with E-state index < -0.39 is 10.0 Å². The molecule has 2 aromatic carbocycles. The summed E-state index contributed by atoms with van der Waals surface area (Å²) in [6, 6.07) is 12.1. The first-order chi connectivity index (χ1) is 15.8. The molecule has 174 valence electrons. The fraction of sp³-hybridized carbons (Fsp3) is 0.348. The van der Waals surface area contributed by atoms with E-state index in [4.69, 9.17) is 9.47 Å². The van der Waals surface area contributed by atoms with Gasteiger partial charge in [-0.3, -0.25) is 4.79 Å². The summed E-state index contributed by atoms with van der Waals surface area (Å²) >= 11 is 0. The number of nitrogens with zero attached hydrogens (tertiary/aromatic N) is 4. The quantitative estimate of drug-likeness (QED) is 0.544. The normalized spacial score (nSPS) is 14.9. The minimum atomic E-state index is -3.84. The van der Waals surface area contributed by atoms with Crippen LogP contribution < -0.4 is 4.74 Å². The van der Waals surface area contributed by atoms with Crippen molar-refractivity contribution < 1.29 is 22.7 Å². The van der Waals surface area contributed by atoms with E-state index in [9.17, 15) is 13.2 Å². The molecule has 1 aliphatic rings. The number of ether oxygens (including phenoxy) is 2. The van der Waals surface area contributed by atoms with Gasteiger partial charge in [0.25, 0.3) is 5.91 Å². The van der Waals surface area contributed by atoms with Crippen molar-refractivity contribution in [2.75, 3.05) is 40.5 Å². The van der Waals surface area contributed by atoms with E-state index in [1.807, 2.05) is 31.2 Å². The highest BCUT2D eigenvalue weighted by atomic mass is 32.2. The van der Waals surface area contributed by atoms with Gasteiger partial charge in [0.1, 0.15) is 16.5 Å². The zero-order valence-electron chi connectivity index (χ0n) is 18.8. The van der Waals surface area contributed by atoms with E-state index in [0.29, 0.717) is 19.0 Å². The number of hydrogen-bond donors (Lipinski definition) is 0. The molecule has 0 N–H and O–H groups in total. The molecular weight excluding hydrogens is 444 g/mol. The van der Waals surface area contributed by atoms with Gasteiger partial charge in [-0.25, -0.2) is 18.4 Å². The molecule has 2 heterocycles. The Morgan fingerprint density at radius 3 is 2.61 bits per heavy atom. The van der Waals surface area contributed by atoms with Crippen molar-refractivity contribution in [3.8, 4) is 5.75 Å². The molecule has 1 fully saturated rings. The predicted molar refractivity (Wildman–Crippen MR) is 123 cm³/mol. The Kier molecular flexibility index (Phi) is 6.59. The van der Waals surface area contributed by atoms with Crippen LogP contribution in [0.5, 0.6) is 5.75 Å². The molecule has 0 spiro atoms. The zero-order valence-corrected chi connectivity index (χ0v) is 19.6. The van der Waals surface area contributed by atoms with E-state index in [-0.39, 0.29) is 41.7 Å². The third-order valence-corrected chi connectivity index (χ3v) is 7.48. The van der Waals surface area contributed by atoms with E-state index in [1.54, 1.807) is 13.1 Å². The van der Waals surface area contributed by atoms with Gasteiger partial charge in [-0.1, -0.05) is 18.2 Å². The minimum Gasteiger partial charge on any atom is -0.495 e. The highest BCUT2D eigenvalue weighted by Gasteiger charge is 2.30. The molecule has 0 saturated carbocycles. The lowest BCUT2D eigenvalue weighted by molar-refractivity contribution is 0.0729. The molecule has 1 aromatic heterocycles. The van der Waals surface area contributed by atoms with Crippen molar-refractivity contribution in [3.05, 3.63) is 59.5 Å². The fourth-order valence-corrected chi connectivity index (χ4v) is 5.40. The predicted octanol–water partition coefficient (Wildman–Crippen LogP) is 2.24. The maximum Gasteiger partial charge on any atom is 0.254 e. The largest absolute Gasteiger partial charge is 0.495 e. The monoisotopic (exact) mass is 470 g/mol. The second-order valence-corrected chi connectivity index (χ2v) is 9.69. The van der Waals surface area contributed by atoms with Crippen molar-refractivity contribution in [1.82, 2.24) is 19.2 Å². The summed E-state index contributed by atoms with van der Waals surface area (Å²) < 4.78 is 38.3. The summed E-state index contributed by atoms with van der Waals surface area (Å²) in [5.74, 6) is 0.358. The average molecular weight is 471 g/mol. The standard InChI is InChI=1S/C23H26N4O5S/c1-16-18-6-4-5-7-19(18)25-22(24-16)15-26(2)23(28)17-8-9-20(31-3)21(14-17)33(29,30)27-10-12-32-13-11-27/h4-9,14H,10-13,15H2,1-3H3. The van der Waals surface area contributed by atoms with Crippen molar-refractivity contribution in [2.45, 2.75) is 18.4 Å². The summed E-state index contributed by atoms with van der Waals surface area (Å²) in [5, 5.41) is 0.961. The lowest BCUT2D eigenvalue weighted by atomic mass is 10.2. The molecule has 0 aliphatic carbocycles. The molecule has 0 atom stereocenters. The Bertz CT molecular complexity index is 1290. The van der Waals surface area contributed by atoms with Crippen LogP contribution in [0.2, 0.25) is 0 Å². The van der Waals surface area contributed by atoms with Gasteiger partial charge in [-0.2, -0.15) is 4.31 Å². The third kappa shape index (κ3) is 4.68.